The topological polar surface area (TPSA) is 87.1 Å². The molecule has 192 valence electrons. The number of nitrogens with zero attached hydrogens (tertiary/aromatic N) is 4. The summed E-state index contributed by atoms with van der Waals surface area (Å²) in [6.07, 6.45) is 2.93. The van der Waals surface area contributed by atoms with Crippen LogP contribution in [0.4, 0.5) is 22.1 Å². The van der Waals surface area contributed by atoms with Crippen LogP contribution in [0.1, 0.15) is 31.0 Å². The van der Waals surface area contributed by atoms with Gasteiger partial charge >= 0.3 is 6.03 Å². The van der Waals surface area contributed by atoms with Crippen molar-refractivity contribution in [3.05, 3.63) is 70.9 Å². The minimum atomic E-state index is -0.376. The Hall–Kier alpha value is -3.62. The monoisotopic (exact) mass is 517 g/mol. The molecule has 1 aliphatic rings. The molecule has 3 N–H and O–H groups in total. The van der Waals surface area contributed by atoms with E-state index in [1.54, 1.807) is 10.7 Å². The minimum Gasteiger partial charge on any atom is -0.354 e. The molecule has 2 amide bonds. The highest BCUT2D eigenvalue weighted by Gasteiger charge is 2.16. The number of rotatable bonds is 7. The first-order valence-electron chi connectivity index (χ1n) is 12.8. The van der Waals surface area contributed by atoms with Crippen molar-refractivity contribution in [3.63, 3.8) is 0 Å². The number of nitrogens with one attached hydrogen (secondary N) is 3. The maximum atomic E-state index is 12.9. The van der Waals surface area contributed by atoms with Crippen molar-refractivity contribution in [2.75, 3.05) is 41.7 Å². The number of fused-ring (bicyclic) bond motifs is 1. The van der Waals surface area contributed by atoms with Crippen LogP contribution < -0.4 is 20.9 Å². The van der Waals surface area contributed by atoms with Crippen LogP contribution in [0, 0.1) is 6.92 Å². The van der Waals surface area contributed by atoms with E-state index in [4.69, 9.17) is 21.7 Å². The number of unbranched alkanes of at least 4 members (excludes halogenated alkanes) is 1. The van der Waals surface area contributed by atoms with E-state index in [0.29, 0.717) is 16.5 Å². The van der Waals surface area contributed by atoms with Crippen molar-refractivity contribution in [1.82, 2.24) is 20.1 Å². The molecule has 8 nitrogen and oxygen atoms in total. The largest absolute Gasteiger partial charge is 0.354 e. The number of anilines is 3. The Kier molecular flexibility index (Phi) is 7.58. The number of carbonyl (C=O) groups is 1. The van der Waals surface area contributed by atoms with Gasteiger partial charge in [-0.3, -0.25) is 5.32 Å². The van der Waals surface area contributed by atoms with E-state index in [1.165, 1.54) is 0 Å². The number of benzene rings is 2. The van der Waals surface area contributed by atoms with Crippen LogP contribution in [0.2, 0.25) is 5.02 Å². The van der Waals surface area contributed by atoms with E-state index in [2.05, 4.69) is 46.0 Å². The van der Waals surface area contributed by atoms with Crippen molar-refractivity contribution < 1.29 is 4.79 Å². The third-order valence-electron chi connectivity index (χ3n) is 6.57. The van der Waals surface area contributed by atoms with E-state index in [-0.39, 0.29) is 6.03 Å². The van der Waals surface area contributed by atoms with Gasteiger partial charge in [0.05, 0.1) is 27.6 Å². The van der Waals surface area contributed by atoms with Gasteiger partial charge in [-0.1, -0.05) is 37.1 Å². The third kappa shape index (κ3) is 5.70. The van der Waals surface area contributed by atoms with Crippen LogP contribution >= 0.6 is 11.6 Å². The van der Waals surface area contributed by atoms with Crippen molar-refractivity contribution >= 4 is 45.9 Å². The summed E-state index contributed by atoms with van der Waals surface area (Å²) in [6, 6.07) is 17.3. The summed E-state index contributed by atoms with van der Waals surface area (Å²) in [4.78, 5) is 20.1. The number of hydrogen-bond acceptors (Lipinski definition) is 5. The summed E-state index contributed by atoms with van der Waals surface area (Å²) in [5.41, 5.74) is 4.18. The fourth-order valence-corrected chi connectivity index (χ4v) is 4.69. The average molecular weight is 518 g/mol. The molecule has 0 unspecified atom stereocenters. The molecule has 0 saturated carbocycles. The Bertz CT molecular complexity index is 1410. The normalized spacial score (nSPS) is 13.6. The first-order valence-corrected chi connectivity index (χ1v) is 13.2. The lowest BCUT2D eigenvalue weighted by Crippen LogP contribution is -2.43. The molecule has 1 fully saturated rings. The van der Waals surface area contributed by atoms with Gasteiger partial charge in [0.25, 0.3) is 0 Å². The fourth-order valence-electron chi connectivity index (χ4n) is 4.51. The SMILES string of the molecule is CCCCc1cc(NC(=O)Nc2cccc(C)c2Cl)n(-c2ccc3nc(N4CCNCC4)ccc3c2)n1. The standard InChI is InChI=1S/C28H32ClN7O/c1-3-4-7-21-18-26(33-28(37)32-24-8-5-6-19(2)27(24)29)36(34-21)22-10-11-23-20(17-22)9-12-25(31-23)35-15-13-30-14-16-35/h5-6,8-12,17-18,30H,3-4,7,13-16H2,1-2H3,(H2,32,33,37). The third-order valence-corrected chi connectivity index (χ3v) is 7.07. The quantitative estimate of drug-likeness (QED) is 0.289. The Labute approximate surface area is 222 Å². The maximum absolute atomic E-state index is 12.9. The number of aryl methyl sites for hydroxylation is 2. The van der Waals surface area contributed by atoms with Gasteiger partial charge in [0.2, 0.25) is 0 Å². The Morgan fingerprint density at radius 2 is 1.92 bits per heavy atom. The fraction of sp³-hybridized carbons (Fsp3) is 0.321. The predicted molar refractivity (Wildman–Crippen MR) is 151 cm³/mol. The van der Waals surface area contributed by atoms with Gasteiger partial charge in [-0.15, -0.1) is 0 Å². The highest BCUT2D eigenvalue weighted by atomic mass is 35.5. The van der Waals surface area contributed by atoms with E-state index in [0.717, 1.165) is 79.1 Å². The number of piperazine rings is 1. The number of aromatic nitrogens is 3. The first kappa shape index (κ1) is 25.0. The van der Waals surface area contributed by atoms with Gasteiger partial charge < -0.3 is 15.5 Å². The number of amides is 2. The molecule has 0 atom stereocenters. The number of pyridine rings is 1. The second-order valence-corrected chi connectivity index (χ2v) is 9.71. The predicted octanol–water partition coefficient (Wildman–Crippen LogP) is 5.78. The number of urea groups is 1. The summed E-state index contributed by atoms with van der Waals surface area (Å²) in [6.45, 7) is 7.90. The van der Waals surface area contributed by atoms with Crippen LogP contribution in [0.15, 0.2) is 54.6 Å². The molecule has 37 heavy (non-hydrogen) atoms. The lowest BCUT2D eigenvalue weighted by atomic mass is 10.2. The van der Waals surface area contributed by atoms with Crippen LogP contribution in [0.5, 0.6) is 0 Å². The van der Waals surface area contributed by atoms with E-state index < -0.39 is 0 Å². The summed E-state index contributed by atoms with van der Waals surface area (Å²) in [5.74, 6) is 1.59. The molecule has 0 aliphatic carbocycles. The molecule has 4 aromatic rings. The number of hydrogen-bond donors (Lipinski definition) is 3. The van der Waals surface area contributed by atoms with E-state index >= 15 is 0 Å². The van der Waals surface area contributed by atoms with Crippen LogP contribution in [-0.2, 0) is 6.42 Å². The van der Waals surface area contributed by atoms with Crippen LogP contribution in [0.3, 0.4) is 0 Å². The molecular weight excluding hydrogens is 486 g/mol. The van der Waals surface area contributed by atoms with E-state index in [9.17, 15) is 4.79 Å². The van der Waals surface area contributed by atoms with Gasteiger partial charge in [-0.05, 0) is 61.7 Å². The van der Waals surface area contributed by atoms with Gasteiger partial charge in [0.1, 0.15) is 11.6 Å². The van der Waals surface area contributed by atoms with Gasteiger partial charge in [-0.2, -0.15) is 5.10 Å². The minimum absolute atomic E-state index is 0.376. The molecule has 9 heteroatoms. The Morgan fingerprint density at radius 1 is 1.08 bits per heavy atom. The summed E-state index contributed by atoms with van der Waals surface area (Å²) < 4.78 is 1.78. The molecule has 5 rings (SSSR count). The van der Waals surface area contributed by atoms with Crippen LogP contribution in [-0.4, -0.2) is 47.0 Å². The Morgan fingerprint density at radius 3 is 2.73 bits per heavy atom. The van der Waals surface area contributed by atoms with Gasteiger partial charge in [0.15, 0.2) is 0 Å². The Balaban J connectivity index is 1.42. The van der Waals surface area contributed by atoms with Crippen molar-refractivity contribution in [2.45, 2.75) is 33.1 Å². The van der Waals surface area contributed by atoms with Crippen LogP contribution in [0.25, 0.3) is 16.6 Å². The summed E-state index contributed by atoms with van der Waals surface area (Å²) in [7, 11) is 0. The molecule has 2 aromatic heterocycles. The average Bonchev–Trinajstić information content (AvgIpc) is 3.32. The number of halogens is 1. The van der Waals surface area contributed by atoms with Crippen molar-refractivity contribution in [1.29, 1.82) is 0 Å². The number of carbonyl (C=O) groups excluding carboxylic acids is 1. The molecule has 2 aromatic carbocycles. The van der Waals surface area contributed by atoms with Crippen molar-refractivity contribution in [2.24, 2.45) is 0 Å². The smallest absolute Gasteiger partial charge is 0.324 e. The molecule has 1 aliphatic heterocycles. The summed E-state index contributed by atoms with van der Waals surface area (Å²) >= 11 is 6.37. The lowest BCUT2D eigenvalue weighted by Gasteiger charge is -2.28. The molecule has 3 heterocycles. The maximum Gasteiger partial charge on any atom is 0.324 e. The zero-order valence-electron chi connectivity index (χ0n) is 21.2. The lowest BCUT2D eigenvalue weighted by molar-refractivity contribution is 0.262. The molecular formula is C28H32ClN7O. The molecule has 1 saturated heterocycles. The first-order chi connectivity index (χ1) is 18.0. The highest BCUT2D eigenvalue weighted by molar-refractivity contribution is 6.34. The second kappa shape index (κ2) is 11.2. The zero-order valence-corrected chi connectivity index (χ0v) is 22.0. The van der Waals surface area contributed by atoms with Crippen molar-refractivity contribution in [3.8, 4) is 5.69 Å². The molecule has 0 bridgehead atoms. The van der Waals surface area contributed by atoms with Gasteiger partial charge in [0, 0.05) is 37.6 Å². The highest BCUT2D eigenvalue weighted by Crippen LogP contribution is 2.27. The second-order valence-electron chi connectivity index (χ2n) is 9.34. The molecule has 0 radical (unpaired) electrons. The van der Waals surface area contributed by atoms with Gasteiger partial charge in [-0.25, -0.2) is 14.5 Å². The molecule has 0 spiro atoms. The zero-order chi connectivity index (χ0) is 25.8. The van der Waals surface area contributed by atoms with E-state index in [1.807, 2.05) is 37.3 Å². The summed E-state index contributed by atoms with van der Waals surface area (Å²) in [5, 5.41) is 15.6.